The summed E-state index contributed by atoms with van der Waals surface area (Å²) in [7, 11) is 1.89. The van der Waals surface area contributed by atoms with Crippen LogP contribution in [0.15, 0.2) is 35.1 Å². The highest BCUT2D eigenvalue weighted by molar-refractivity contribution is 9.10. The summed E-state index contributed by atoms with van der Waals surface area (Å²) in [5.41, 5.74) is 0.434. The van der Waals surface area contributed by atoms with Gasteiger partial charge in [-0.25, -0.2) is 4.39 Å². The highest BCUT2D eigenvalue weighted by atomic mass is 79.9. The predicted molar refractivity (Wildman–Crippen MR) is 65.2 cm³/mol. The topological polar surface area (TPSA) is 15.3 Å². The second kappa shape index (κ2) is 5.16. The number of nitrogens with zero attached hydrogens (tertiary/aromatic N) is 1. The summed E-state index contributed by atoms with van der Waals surface area (Å²) in [6.45, 7) is 6.65. The molecule has 0 aliphatic rings. The first kappa shape index (κ1) is 12.0. The van der Waals surface area contributed by atoms with Crippen LogP contribution < -0.4 is 5.32 Å². The molecule has 82 valence electrons. The lowest BCUT2D eigenvalue weighted by Crippen LogP contribution is -2.21. The van der Waals surface area contributed by atoms with Crippen LogP contribution in [-0.4, -0.2) is 18.5 Å². The summed E-state index contributed by atoms with van der Waals surface area (Å²) in [6, 6.07) is 4.88. The third kappa shape index (κ3) is 3.23. The van der Waals surface area contributed by atoms with Gasteiger partial charge in [-0.05, 0) is 25.1 Å². The third-order valence-corrected chi connectivity index (χ3v) is 2.64. The fourth-order valence-corrected chi connectivity index (χ4v) is 1.37. The molecular weight excluding hydrogens is 259 g/mol. The molecule has 0 saturated heterocycles. The minimum atomic E-state index is -0.296. The van der Waals surface area contributed by atoms with Crippen LogP contribution in [0.25, 0.3) is 0 Å². The van der Waals surface area contributed by atoms with E-state index in [4.69, 9.17) is 0 Å². The molecule has 0 saturated carbocycles. The number of anilines is 1. The number of hydrogen-bond acceptors (Lipinski definition) is 2. The van der Waals surface area contributed by atoms with E-state index in [0.717, 1.165) is 11.0 Å². The van der Waals surface area contributed by atoms with Crippen molar-refractivity contribution in [3.63, 3.8) is 0 Å². The largest absolute Gasteiger partial charge is 0.362 e. The Morgan fingerprint density at radius 1 is 1.60 bits per heavy atom. The van der Waals surface area contributed by atoms with E-state index in [1.54, 1.807) is 12.1 Å². The molecule has 1 rings (SSSR count). The Morgan fingerprint density at radius 2 is 2.27 bits per heavy atom. The van der Waals surface area contributed by atoms with Crippen molar-refractivity contribution < 1.29 is 4.39 Å². The van der Waals surface area contributed by atoms with Gasteiger partial charge in [-0.15, -0.1) is 0 Å². The Balaban J connectivity index is 2.77. The van der Waals surface area contributed by atoms with Crippen molar-refractivity contribution in [2.24, 2.45) is 0 Å². The van der Waals surface area contributed by atoms with Gasteiger partial charge in [0.1, 0.15) is 5.82 Å². The van der Waals surface area contributed by atoms with Crippen molar-refractivity contribution in [1.82, 2.24) is 4.90 Å². The van der Waals surface area contributed by atoms with E-state index in [1.165, 1.54) is 6.07 Å². The molecule has 0 radical (unpaired) electrons. The van der Waals surface area contributed by atoms with Crippen molar-refractivity contribution in [2.45, 2.75) is 6.92 Å². The molecule has 0 heterocycles. The van der Waals surface area contributed by atoms with Gasteiger partial charge in [0, 0.05) is 18.1 Å². The number of benzene rings is 1. The van der Waals surface area contributed by atoms with E-state index < -0.39 is 0 Å². The smallest absolute Gasteiger partial charge is 0.147 e. The Bertz CT molecular complexity index is 366. The minimum absolute atomic E-state index is 0.296. The second-order valence-electron chi connectivity index (χ2n) is 3.21. The summed E-state index contributed by atoms with van der Waals surface area (Å²) < 4.78 is 14.1. The Kier molecular flexibility index (Phi) is 4.15. The molecule has 0 fully saturated rings. The number of hydrogen-bond donors (Lipinski definition) is 1. The number of nitrogens with one attached hydrogen (secondary N) is 1. The normalized spacial score (nSPS) is 9.87. The standard InChI is InChI=1S/C11H14BrFN2/c1-4-15(3)8(2)14-11-6-5-9(12)7-10(11)13/h5-7,14H,2,4H2,1,3H3. The number of rotatable bonds is 4. The van der Waals surface area contributed by atoms with Crippen molar-refractivity contribution in [1.29, 1.82) is 0 Å². The molecular formula is C11H14BrFN2. The van der Waals surface area contributed by atoms with Gasteiger partial charge >= 0.3 is 0 Å². The zero-order chi connectivity index (χ0) is 11.4. The third-order valence-electron chi connectivity index (χ3n) is 2.15. The van der Waals surface area contributed by atoms with Crippen LogP contribution in [-0.2, 0) is 0 Å². The zero-order valence-electron chi connectivity index (χ0n) is 8.85. The summed E-state index contributed by atoms with van der Waals surface area (Å²) in [5.74, 6) is 0.383. The Morgan fingerprint density at radius 3 is 2.80 bits per heavy atom. The van der Waals surface area contributed by atoms with Crippen molar-refractivity contribution >= 4 is 21.6 Å². The molecule has 0 aromatic heterocycles. The van der Waals surface area contributed by atoms with Crippen LogP contribution in [0.1, 0.15) is 6.92 Å². The van der Waals surface area contributed by atoms with Gasteiger partial charge < -0.3 is 10.2 Å². The van der Waals surface area contributed by atoms with E-state index in [9.17, 15) is 4.39 Å². The minimum Gasteiger partial charge on any atom is -0.362 e. The Labute approximate surface area is 97.9 Å². The molecule has 0 atom stereocenters. The first-order valence-electron chi connectivity index (χ1n) is 4.66. The maximum absolute atomic E-state index is 13.4. The van der Waals surface area contributed by atoms with Crippen LogP contribution in [0.4, 0.5) is 10.1 Å². The summed E-state index contributed by atoms with van der Waals surface area (Å²) in [5, 5.41) is 2.92. The summed E-state index contributed by atoms with van der Waals surface area (Å²) in [4.78, 5) is 1.90. The van der Waals surface area contributed by atoms with Crippen LogP contribution in [0.5, 0.6) is 0 Å². The fraction of sp³-hybridized carbons (Fsp3) is 0.273. The lowest BCUT2D eigenvalue weighted by atomic mass is 10.3. The lowest BCUT2D eigenvalue weighted by Gasteiger charge is -2.21. The monoisotopic (exact) mass is 272 g/mol. The van der Waals surface area contributed by atoms with Crippen LogP contribution in [0.3, 0.4) is 0 Å². The van der Waals surface area contributed by atoms with Crippen LogP contribution >= 0.6 is 15.9 Å². The average molecular weight is 273 g/mol. The summed E-state index contributed by atoms with van der Waals surface area (Å²) in [6.07, 6.45) is 0. The SMILES string of the molecule is C=C(Nc1ccc(Br)cc1F)N(C)CC. The highest BCUT2D eigenvalue weighted by Crippen LogP contribution is 2.20. The molecule has 2 nitrogen and oxygen atoms in total. The fourth-order valence-electron chi connectivity index (χ4n) is 1.03. The molecule has 0 unspecified atom stereocenters. The first-order valence-corrected chi connectivity index (χ1v) is 5.46. The van der Waals surface area contributed by atoms with Gasteiger partial charge in [0.15, 0.2) is 0 Å². The van der Waals surface area contributed by atoms with E-state index >= 15 is 0 Å². The van der Waals surface area contributed by atoms with Crippen molar-refractivity contribution in [2.75, 3.05) is 18.9 Å². The molecule has 1 N–H and O–H groups in total. The Hall–Kier alpha value is -1.03. The van der Waals surface area contributed by atoms with Gasteiger partial charge in [-0.1, -0.05) is 22.5 Å². The maximum Gasteiger partial charge on any atom is 0.147 e. The molecule has 1 aromatic carbocycles. The predicted octanol–water partition coefficient (Wildman–Crippen LogP) is 3.42. The molecule has 0 aliphatic carbocycles. The van der Waals surface area contributed by atoms with E-state index in [-0.39, 0.29) is 5.82 Å². The molecule has 0 amide bonds. The quantitative estimate of drug-likeness (QED) is 0.904. The maximum atomic E-state index is 13.4. The highest BCUT2D eigenvalue weighted by Gasteiger charge is 2.05. The van der Waals surface area contributed by atoms with E-state index in [1.807, 2.05) is 18.9 Å². The molecule has 4 heteroatoms. The van der Waals surface area contributed by atoms with Crippen molar-refractivity contribution in [3.05, 3.63) is 40.9 Å². The van der Waals surface area contributed by atoms with Gasteiger partial charge in [0.25, 0.3) is 0 Å². The zero-order valence-corrected chi connectivity index (χ0v) is 10.4. The van der Waals surface area contributed by atoms with E-state index in [2.05, 4.69) is 27.8 Å². The van der Waals surface area contributed by atoms with Crippen LogP contribution in [0, 0.1) is 5.82 Å². The summed E-state index contributed by atoms with van der Waals surface area (Å²) >= 11 is 3.20. The molecule has 0 bridgehead atoms. The first-order chi connectivity index (χ1) is 7.04. The molecule has 0 aliphatic heterocycles. The second-order valence-corrected chi connectivity index (χ2v) is 4.13. The number of halogens is 2. The lowest BCUT2D eigenvalue weighted by molar-refractivity contribution is 0.448. The van der Waals surface area contributed by atoms with Crippen molar-refractivity contribution in [3.8, 4) is 0 Å². The average Bonchev–Trinajstić information content (AvgIpc) is 2.20. The van der Waals surface area contributed by atoms with Gasteiger partial charge in [0.05, 0.1) is 11.5 Å². The van der Waals surface area contributed by atoms with E-state index in [0.29, 0.717) is 11.5 Å². The van der Waals surface area contributed by atoms with Gasteiger partial charge in [-0.2, -0.15) is 0 Å². The molecule has 0 spiro atoms. The van der Waals surface area contributed by atoms with Crippen LogP contribution in [0.2, 0.25) is 0 Å². The molecule has 1 aromatic rings. The molecule has 15 heavy (non-hydrogen) atoms. The van der Waals surface area contributed by atoms with Gasteiger partial charge in [0.2, 0.25) is 0 Å². The van der Waals surface area contributed by atoms with Gasteiger partial charge in [-0.3, -0.25) is 0 Å².